The Balaban J connectivity index is 0.00000225. The molecule has 1 spiro atoms. The third-order valence-electron chi connectivity index (χ3n) is 5.56. The molecule has 5 nitrogen and oxygen atoms in total. The zero-order chi connectivity index (χ0) is 16.8. The second-order valence-corrected chi connectivity index (χ2v) is 7.60. The first kappa shape index (κ1) is 20.5. The highest BCUT2D eigenvalue weighted by Crippen LogP contribution is 2.43. The maximum Gasteiger partial charge on any atom is 0.193 e. The van der Waals surface area contributed by atoms with Crippen LogP contribution in [0.4, 0.5) is 0 Å². The summed E-state index contributed by atoms with van der Waals surface area (Å²) >= 11 is 0. The van der Waals surface area contributed by atoms with Gasteiger partial charge in [0.25, 0.3) is 0 Å². The fourth-order valence-electron chi connectivity index (χ4n) is 4.26. The third-order valence-corrected chi connectivity index (χ3v) is 5.56. The van der Waals surface area contributed by atoms with Gasteiger partial charge in [-0.3, -0.25) is 9.67 Å². The van der Waals surface area contributed by atoms with Crippen LogP contribution >= 0.6 is 24.0 Å². The van der Waals surface area contributed by atoms with E-state index in [4.69, 9.17) is 4.99 Å². The molecule has 1 aliphatic carbocycles. The molecule has 1 aliphatic heterocycles. The first-order valence-corrected chi connectivity index (χ1v) is 9.73. The Labute approximate surface area is 169 Å². The van der Waals surface area contributed by atoms with Gasteiger partial charge in [-0.25, -0.2) is 0 Å². The van der Waals surface area contributed by atoms with Gasteiger partial charge < -0.3 is 10.2 Å². The van der Waals surface area contributed by atoms with Gasteiger partial charge in [-0.15, -0.1) is 24.0 Å². The number of guanidine groups is 1. The molecule has 1 saturated carbocycles. The fraction of sp³-hybridized carbons (Fsp3) is 0.789. The van der Waals surface area contributed by atoms with Gasteiger partial charge in [0.05, 0.1) is 6.20 Å². The van der Waals surface area contributed by atoms with Gasteiger partial charge in [0.1, 0.15) is 0 Å². The molecule has 0 unspecified atom stereocenters. The summed E-state index contributed by atoms with van der Waals surface area (Å²) in [5, 5.41) is 7.85. The Morgan fingerprint density at radius 2 is 2.08 bits per heavy atom. The average Bonchev–Trinajstić information content (AvgIpc) is 3.18. The summed E-state index contributed by atoms with van der Waals surface area (Å²) in [7, 11) is 0. The van der Waals surface area contributed by atoms with E-state index in [1.165, 1.54) is 57.2 Å². The lowest BCUT2D eigenvalue weighted by atomic mass is 9.73. The largest absolute Gasteiger partial charge is 0.357 e. The molecular weight excluding hydrogens is 425 g/mol. The van der Waals surface area contributed by atoms with E-state index in [0.717, 1.165) is 32.0 Å². The van der Waals surface area contributed by atoms with Crippen LogP contribution in [0.25, 0.3) is 0 Å². The Kier molecular flexibility index (Phi) is 8.03. The first-order chi connectivity index (χ1) is 11.7. The zero-order valence-electron chi connectivity index (χ0n) is 15.8. The van der Waals surface area contributed by atoms with Crippen LogP contribution in [0, 0.1) is 12.3 Å². The maximum atomic E-state index is 4.89. The molecule has 0 atom stereocenters. The number of nitrogens with zero attached hydrogens (tertiary/aromatic N) is 4. The molecule has 1 aromatic rings. The summed E-state index contributed by atoms with van der Waals surface area (Å²) < 4.78 is 2.02. The molecule has 2 heterocycles. The monoisotopic (exact) mass is 459 g/mol. The van der Waals surface area contributed by atoms with E-state index >= 15 is 0 Å². The molecule has 0 aromatic carbocycles. The summed E-state index contributed by atoms with van der Waals surface area (Å²) in [6.45, 7) is 9.38. The van der Waals surface area contributed by atoms with Gasteiger partial charge in [-0.1, -0.05) is 19.3 Å². The van der Waals surface area contributed by atoms with Crippen molar-refractivity contribution in [1.29, 1.82) is 0 Å². The van der Waals surface area contributed by atoms with E-state index in [0.29, 0.717) is 5.41 Å². The van der Waals surface area contributed by atoms with Crippen molar-refractivity contribution in [2.24, 2.45) is 10.4 Å². The van der Waals surface area contributed by atoms with Crippen molar-refractivity contribution in [3.8, 4) is 0 Å². The van der Waals surface area contributed by atoms with Crippen molar-refractivity contribution in [3.63, 3.8) is 0 Å². The maximum absolute atomic E-state index is 4.89. The number of likely N-dealkylation sites (tertiary alicyclic amines) is 1. The lowest BCUT2D eigenvalue weighted by Crippen LogP contribution is -2.41. The van der Waals surface area contributed by atoms with Crippen molar-refractivity contribution >= 4 is 29.9 Å². The standard InChI is InChI=1S/C19H33N5.HI/c1-3-20-18(21-11-7-12-24-15-17(2)14-22-24)23-13-10-19(16-23)8-5-4-6-9-19;/h14-15H,3-13,16H2,1-2H3,(H,20,21);1H. The van der Waals surface area contributed by atoms with Crippen LogP contribution in [0.2, 0.25) is 0 Å². The van der Waals surface area contributed by atoms with E-state index in [2.05, 4.69) is 35.4 Å². The number of rotatable bonds is 5. The molecule has 142 valence electrons. The number of hydrogen-bond acceptors (Lipinski definition) is 2. The third kappa shape index (κ3) is 5.59. The van der Waals surface area contributed by atoms with Crippen molar-refractivity contribution in [2.75, 3.05) is 26.2 Å². The summed E-state index contributed by atoms with van der Waals surface area (Å²) in [6.07, 6.45) is 13.5. The van der Waals surface area contributed by atoms with E-state index < -0.39 is 0 Å². The van der Waals surface area contributed by atoms with Crippen molar-refractivity contribution in [1.82, 2.24) is 20.0 Å². The number of nitrogens with one attached hydrogen (secondary N) is 1. The molecule has 1 saturated heterocycles. The van der Waals surface area contributed by atoms with Crippen LogP contribution in [0.3, 0.4) is 0 Å². The molecule has 1 aromatic heterocycles. The quantitative estimate of drug-likeness (QED) is 0.315. The molecule has 0 amide bonds. The molecule has 6 heteroatoms. The Morgan fingerprint density at radius 1 is 1.28 bits per heavy atom. The van der Waals surface area contributed by atoms with Crippen molar-refractivity contribution in [2.45, 2.75) is 65.3 Å². The minimum Gasteiger partial charge on any atom is -0.357 e. The molecule has 2 aliphatic rings. The van der Waals surface area contributed by atoms with Gasteiger partial charge in [0.2, 0.25) is 0 Å². The smallest absolute Gasteiger partial charge is 0.193 e. The Hall–Kier alpha value is -0.790. The number of halogens is 1. The predicted molar refractivity (Wildman–Crippen MR) is 115 cm³/mol. The first-order valence-electron chi connectivity index (χ1n) is 9.73. The van der Waals surface area contributed by atoms with Crippen LogP contribution in [0.5, 0.6) is 0 Å². The van der Waals surface area contributed by atoms with Crippen LogP contribution < -0.4 is 5.32 Å². The lowest BCUT2D eigenvalue weighted by Gasteiger charge is -2.33. The summed E-state index contributed by atoms with van der Waals surface area (Å²) in [5.41, 5.74) is 1.81. The number of aryl methyl sites for hydroxylation is 2. The molecular formula is C19H34IN5. The minimum absolute atomic E-state index is 0. The highest BCUT2D eigenvalue weighted by atomic mass is 127. The fourth-order valence-corrected chi connectivity index (χ4v) is 4.26. The summed E-state index contributed by atoms with van der Waals surface area (Å²) in [6, 6.07) is 0. The SMILES string of the molecule is CCNC(=NCCCn1cc(C)cn1)N1CCC2(CCCCC2)C1.I. The topological polar surface area (TPSA) is 45.5 Å². The van der Waals surface area contributed by atoms with E-state index in [9.17, 15) is 0 Å². The van der Waals surface area contributed by atoms with Gasteiger partial charge >= 0.3 is 0 Å². The molecule has 3 rings (SSSR count). The summed E-state index contributed by atoms with van der Waals surface area (Å²) in [4.78, 5) is 7.39. The van der Waals surface area contributed by atoms with Gasteiger partial charge in [-0.05, 0) is 50.5 Å². The second kappa shape index (κ2) is 9.78. The molecule has 25 heavy (non-hydrogen) atoms. The normalized spacial score (nSPS) is 19.9. The lowest BCUT2D eigenvalue weighted by molar-refractivity contribution is 0.203. The average molecular weight is 459 g/mol. The Bertz CT molecular complexity index is 548. The van der Waals surface area contributed by atoms with Crippen LogP contribution in [0.15, 0.2) is 17.4 Å². The van der Waals surface area contributed by atoms with Gasteiger partial charge in [0.15, 0.2) is 5.96 Å². The number of hydrogen-bond donors (Lipinski definition) is 1. The molecule has 1 N–H and O–H groups in total. The van der Waals surface area contributed by atoms with Crippen molar-refractivity contribution < 1.29 is 0 Å². The van der Waals surface area contributed by atoms with E-state index in [-0.39, 0.29) is 24.0 Å². The van der Waals surface area contributed by atoms with Crippen LogP contribution in [-0.2, 0) is 6.54 Å². The van der Waals surface area contributed by atoms with Crippen LogP contribution in [0.1, 0.15) is 57.4 Å². The van der Waals surface area contributed by atoms with E-state index in [1.807, 2.05) is 10.9 Å². The Morgan fingerprint density at radius 3 is 2.76 bits per heavy atom. The highest BCUT2D eigenvalue weighted by Gasteiger charge is 2.39. The van der Waals surface area contributed by atoms with Crippen LogP contribution in [-0.4, -0.2) is 46.8 Å². The molecule has 2 fully saturated rings. The predicted octanol–water partition coefficient (Wildman–Crippen LogP) is 3.82. The number of aromatic nitrogens is 2. The van der Waals surface area contributed by atoms with Gasteiger partial charge in [0, 0.05) is 38.9 Å². The van der Waals surface area contributed by atoms with Crippen molar-refractivity contribution in [3.05, 3.63) is 18.0 Å². The molecule has 0 radical (unpaired) electrons. The minimum atomic E-state index is 0. The number of aliphatic imine (C=N–C) groups is 1. The van der Waals surface area contributed by atoms with Gasteiger partial charge in [-0.2, -0.15) is 5.10 Å². The van der Waals surface area contributed by atoms with E-state index in [1.54, 1.807) is 0 Å². The highest BCUT2D eigenvalue weighted by molar-refractivity contribution is 14.0. The second-order valence-electron chi connectivity index (χ2n) is 7.60. The zero-order valence-corrected chi connectivity index (χ0v) is 18.2. The summed E-state index contributed by atoms with van der Waals surface area (Å²) in [5.74, 6) is 1.12. The molecule has 0 bridgehead atoms.